The minimum Gasteiger partial charge on any atom is -0.489 e. The van der Waals surface area contributed by atoms with E-state index in [0.717, 1.165) is 36.7 Å². The molecule has 2 N–H and O–H groups in total. The highest BCUT2D eigenvalue weighted by atomic mass is 35.5. The molecule has 3 atom stereocenters. The van der Waals surface area contributed by atoms with Crippen LogP contribution in [0.25, 0.3) is 0 Å². The van der Waals surface area contributed by atoms with Crippen LogP contribution in [0.1, 0.15) is 12.8 Å². The Bertz CT molecular complexity index is 395. The number of hydrogen-bond donors (Lipinski definition) is 1. The molecular formula is C13H17ClN2O. The van der Waals surface area contributed by atoms with Crippen LogP contribution in [0.3, 0.4) is 0 Å². The molecule has 1 saturated heterocycles. The van der Waals surface area contributed by atoms with E-state index < -0.39 is 0 Å². The highest BCUT2D eigenvalue weighted by Crippen LogP contribution is 2.30. The van der Waals surface area contributed by atoms with Gasteiger partial charge in [-0.3, -0.25) is 4.90 Å². The monoisotopic (exact) mass is 252 g/mol. The summed E-state index contributed by atoms with van der Waals surface area (Å²) in [5.41, 5.74) is 5.86. The van der Waals surface area contributed by atoms with E-state index in [1.165, 1.54) is 0 Å². The van der Waals surface area contributed by atoms with Crippen LogP contribution in [0.4, 0.5) is 0 Å². The summed E-state index contributed by atoms with van der Waals surface area (Å²) >= 11 is 5.84. The third kappa shape index (κ3) is 2.57. The number of nitrogens with two attached hydrogens (primary N) is 1. The maximum absolute atomic E-state index is 5.93. The first-order valence-corrected chi connectivity index (χ1v) is 6.52. The van der Waals surface area contributed by atoms with Gasteiger partial charge in [-0.15, -0.1) is 0 Å². The van der Waals surface area contributed by atoms with Crippen LogP contribution in [0.2, 0.25) is 5.02 Å². The van der Waals surface area contributed by atoms with Gasteiger partial charge in [0.05, 0.1) is 0 Å². The van der Waals surface area contributed by atoms with Gasteiger partial charge in [-0.05, 0) is 37.1 Å². The fourth-order valence-corrected chi connectivity index (χ4v) is 2.60. The van der Waals surface area contributed by atoms with Gasteiger partial charge in [-0.25, -0.2) is 0 Å². The Labute approximate surface area is 106 Å². The molecular weight excluding hydrogens is 236 g/mol. The predicted molar refractivity (Wildman–Crippen MR) is 68.4 cm³/mol. The van der Waals surface area contributed by atoms with Crippen LogP contribution in [-0.2, 0) is 0 Å². The second-order valence-corrected chi connectivity index (χ2v) is 5.38. The Kier molecular flexibility index (Phi) is 2.99. The van der Waals surface area contributed by atoms with Crippen LogP contribution in [0, 0.1) is 0 Å². The Morgan fingerprint density at radius 2 is 2.00 bits per heavy atom. The maximum atomic E-state index is 5.93. The van der Waals surface area contributed by atoms with Crippen molar-refractivity contribution >= 4 is 11.6 Å². The first-order valence-electron chi connectivity index (χ1n) is 6.14. The quantitative estimate of drug-likeness (QED) is 0.893. The largest absolute Gasteiger partial charge is 0.489 e. The summed E-state index contributed by atoms with van der Waals surface area (Å²) in [4.78, 5) is 2.45. The summed E-state index contributed by atoms with van der Waals surface area (Å²) in [5, 5.41) is 0.745. The van der Waals surface area contributed by atoms with Crippen molar-refractivity contribution in [3.63, 3.8) is 0 Å². The number of ether oxygens (including phenoxy) is 1. The zero-order valence-corrected chi connectivity index (χ0v) is 10.4. The Morgan fingerprint density at radius 1 is 1.29 bits per heavy atom. The molecule has 3 rings (SSSR count). The van der Waals surface area contributed by atoms with Gasteiger partial charge < -0.3 is 10.5 Å². The minimum absolute atomic E-state index is 0.295. The summed E-state index contributed by atoms with van der Waals surface area (Å²) in [6, 6.07) is 8.57. The number of benzene rings is 1. The van der Waals surface area contributed by atoms with Gasteiger partial charge >= 0.3 is 0 Å². The molecule has 2 fully saturated rings. The van der Waals surface area contributed by atoms with Gasteiger partial charge in [0.15, 0.2) is 0 Å². The molecule has 1 aliphatic heterocycles. The molecule has 0 aromatic heterocycles. The highest BCUT2D eigenvalue weighted by Gasteiger charge is 2.42. The average Bonchev–Trinajstić information content (AvgIpc) is 2.88. The third-order valence-electron chi connectivity index (χ3n) is 3.57. The van der Waals surface area contributed by atoms with Crippen molar-refractivity contribution in [2.75, 3.05) is 13.1 Å². The fraction of sp³-hybridized carbons (Fsp3) is 0.538. The summed E-state index contributed by atoms with van der Waals surface area (Å²) in [6.45, 7) is 2.11. The lowest BCUT2D eigenvalue weighted by atomic mass is 10.3. The van der Waals surface area contributed by atoms with Gasteiger partial charge in [0.1, 0.15) is 11.9 Å². The molecule has 0 spiro atoms. The normalized spacial score (nSPS) is 32.7. The number of nitrogens with zero attached hydrogens (tertiary/aromatic N) is 1. The van der Waals surface area contributed by atoms with E-state index >= 15 is 0 Å². The molecule has 17 heavy (non-hydrogen) atoms. The van der Waals surface area contributed by atoms with Gasteiger partial charge in [0, 0.05) is 30.2 Å². The predicted octanol–water partition coefficient (Wildman–Crippen LogP) is 1.89. The summed E-state index contributed by atoms with van der Waals surface area (Å²) < 4.78 is 5.93. The first kappa shape index (κ1) is 11.3. The summed E-state index contributed by atoms with van der Waals surface area (Å²) in [7, 11) is 0. The fourth-order valence-electron chi connectivity index (χ4n) is 2.48. The van der Waals surface area contributed by atoms with E-state index in [-0.39, 0.29) is 0 Å². The average molecular weight is 253 g/mol. The lowest BCUT2D eigenvalue weighted by molar-refractivity contribution is 0.197. The van der Waals surface area contributed by atoms with Crippen molar-refractivity contribution in [2.45, 2.75) is 31.0 Å². The van der Waals surface area contributed by atoms with Crippen molar-refractivity contribution < 1.29 is 4.74 Å². The van der Waals surface area contributed by atoms with E-state index in [1.54, 1.807) is 0 Å². The van der Waals surface area contributed by atoms with Gasteiger partial charge in [0.2, 0.25) is 0 Å². The molecule has 1 aromatic rings. The molecule has 1 saturated carbocycles. The second-order valence-electron chi connectivity index (χ2n) is 4.94. The maximum Gasteiger partial charge on any atom is 0.119 e. The highest BCUT2D eigenvalue weighted by molar-refractivity contribution is 6.30. The molecule has 2 aliphatic rings. The smallest absolute Gasteiger partial charge is 0.119 e. The number of likely N-dealkylation sites (tertiary alicyclic amines) is 1. The van der Waals surface area contributed by atoms with Crippen LogP contribution in [0.15, 0.2) is 24.3 Å². The zero-order valence-electron chi connectivity index (χ0n) is 9.68. The zero-order chi connectivity index (χ0) is 11.8. The Hall–Kier alpha value is -0.770. The molecule has 92 valence electrons. The molecule has 1 heterocycles. The van der Waals surface area contributed by atoms with Crippen LogP contribution in [-0.4, -0.2) is 36.2 Å². The van der Waals surface area contributed by atoms with Crippen molar-refractivity contribution in [1.29, 1.82) is 0 Å². The number of hydrogen-bond acceptors (Lipinski definition) is 3. The molecule has 1 aromatic carbocycles. The van der Waals surface area contributed by atoms with Gasteiger partial charge in [0.25, 0.3) is 0 Å². The van der Waals surface area contributed by atoms with Crippen LogP contribution in [0.5, 0.6) is 5.75 Å². The molecule has 0 amide bonds. The summed E-state index contributed by atoms with van der Waals surface area (Å²) in [5.74, 6) is 0.904. The Morgan fingerprint density at radius 3 is 2.65 bits per heavy atom. The SMILES string of the molecule is NC1CC1N1CCC(Oc2ccc(Cl)cc2)C1. The Balaban J connectivity index is 1.55. The van der Waals surface area contributed by atoms with Crippen LogP contribution >= 0.6 is 11.6 Å². The lowest BCUT2D eigenvalue weighted by Gasteiger charge is -2.16. The van der Waals surface area contributed by atoms with E-state index in [1.807, 2.05) is 24.3 Å². The molecule has 0 radical (unpaired) electrons. The van der Waals surface area contributed by atoms with Crippen molar-refractivity contribution in [3.05, 3.63) is 29.3 Å². The van der Waals surface area contributed by atoms with Gasteiger partial charge in [-0.2, -0.15) is 0 Å². The molecule has 3 nitrogen and oxygen atoms in total. The van der Waals surface area contributed by atoms with E-state index in [0.29, 0.717) is 18.2 Å². The van der Waals surface area contributed by atoms with E-state index in [9.17, 15) is 0 Å². The number of rotatable bonds is 3. The third-order valence-corrected chi connectivity index (χ3v) is 3.82. The van der Waals surface area contributed by atoms with Crippen molar-refractivity contribution in [2.24, 2.45) is 5.73 Å². The topological polar surface area (TPSA) is 38.5 Å². The molecule has 3 unspecified atom stereocenters. The summed E-state index contributed by atoms with van der Waals surface area (Å²) in [6.07, 6.45) is 2.53. The van der Waals surface area contributed by atoms with Crippen molar-refractivity contribution in [1.82, 2.24) is 4.90 Å². The van der Waals surface area contributed by atoms with E-state index in [2.05, 4.69) is 4.90 Å². The standard InChI is InChI=1S/C13H17ClN2O/c14-9-1-3-10(4-2-9)17-11-5-6-16(8-11)13-7-12(13)15/h1-4,11-13H,5-8,15H2. The van der Waals surface area contributed by atoms with Crippen molar-refractivity contribution in [3.8, 4) is 5.75 Å². The van der Waals surface area contributed by atoms with Gasteiger partial charge in [-0.1, -0.05) is 11.6 Å². The molecule has 1 aliphatic carbocycles. The molecule has 0 bridgehead atoms. The van der Waals surface area contributed by atoms with Crippen LogP contribution < -0.4 is 10.5 Å². The first-order chi connectivity index (χ1) is 8.22. The lowest BCUT2D eigenvalue weighted by Crippen LogP contribution is -2.30. The molecule has 4 heteroatoms. The number of halogens is 1. The second kappa shape index (κ2) is 4.48. The van der Waals surface area contributed by atoms with E-state index in [4.69, 9.17) is 22.1 Å². The minimum atomic E-state index is 0.295.